The smallest absolute Gasteiger partial charge is 0.168 e. The Kier molecular flexibility index (Phi) is 3.05. The molecular formula is C13H13N3O. The van der Waals surface area contributed by atoms with Gasteiger partial charge in [0.2, 0.25) is 0 Å². The van der Waals surface area contributed by atoms with E-state index in [0.717, 1.165) is 16.9 Å². The van der Waals surface area contributed by atoms with E-state index in [9.17, 15) is 4.79 Å². The van der Waals surface area contributed by atoms with Crippen molar-refractivity contribution in [2.45, 2.75) is 6.92 Å². The fourth-order valence-electron chi connectivity index (χ4n) is 1.58. The summed E-state index contributed by atoms with van der Waals surface area (Å²) in [7, 11) is 0. The fraction of sp³-hybridized carbons (Fsp3) is 0.0769. The number of para-hydroxylation sites is 1. The molecule has 1 aromatic heterocycles. The number of hydrogen-bond acceptors (Lipinski definition) is 4. The summed E-state index contributed by atoms with van der Waals surface area (Å²) in [5.41, 5.74) is 8.80. The number of aryl methyl sites for hydroxylation is 1. The number of anilines is 3. The first kappa shape index (κ1) is 11.1. The lowest BCUT2D eigenvalue weighted by Gasteiger charge is -2.10. The second kappa shape index (κ2) is 4.65. The molecule has 3 N–H and O–H groups in total. The first-order valence-corrected chi connectivity index (χ1v) is 5.24. The summed E-state index contributed by atoms with van der Waals surface area (Å²) < 4.78 is 0. The molecule has 2 aromatic rings. The summed E-state index contributed by atoms with van der Waals surface area (Å²) in [6.07, 6.45) is 0.680. The molecule has 0 aliphatic rings. The fourth-order valence-corrected chi connectivity index (χ4v) is 1.58. The van der Waals surface area contributed by atoms with Crippen molar-refractivity contribution >= 4 is 23.5 Å². The minimum atomic E-state index is 0.320. The second-order valence-corrected chi connectivity index (χ2v) is 3.76. The van der Waals surface area contributed by atoms with E-state index < -0.39 is 0 Å². The number of nitrogens with one attached hydrogen (secondary N) is 1. The molecule has 0 spiro atoms. The first-order valence-electron chi connectivity index (χ1n) is 5.24. The highest BCUT2D eigenvalue weighted by molar-refractivity contribution is 5.77. The van der Waals surface area contributed by atoms with E-state index in [0.29, 0.717) is 17.8 Å². The van der Waals surface area contributed by atoms with Gasteiger partial charge in [-0.15, -0.1) is 0 Å². The summed E-state index contributed by atoms with van der Waals surface area (Å²) in [4.78, 5) is 14.6. The monoisotopic (exact) mass is 227 g/mol. The molecule has 0 saturated heterocycles. The Morgan fingerprint density at radius 1 is 1.29 bits per heavy atom. The molecule has 17 heavy (non-hydrogen) atoms. The van der Waals surface area contributed by atoms with Gasteiger partial charge in [-0.3, -0.25) is 4.79 Å². The van der Waals surface area contributed by atoms with Crippen LogP contribution in [0.15, 0.2) is 36.4 Å². The van der Waals surface area contributed by atoms with Crippen LogP contribution in [0.1, 0.15) is 16.1 Å². The number of carbonyl (C=O) groups is 1. The molecule has 0 aliphatic heterocycles. The number of pyridine rings is 1. The van der Waals surface area contributed by atoms with Crippen LogP contribution in [-0.4, -0.2) is 11.3 Å². The molecule has 1 aromatic carbocycles. The number of aldehydes is 1. The van der Waals surface area contributed by atoms with Crippen LogP contribution in [0.4, 0.5) is 17.2 Å². The predicted octanol–water partition coefficient (Wildman–Crippen LogP) is 2.53. The van der Waals surface area contributed by atoms with Crippen LogP contribution in [0, 0.1) is 6.92 Å². The zero-order chi connectivity index (χ0) is 12.3. The van der Waals surface area contributed by atoms with Crippen molar-refractivity contribution in [3.63, 3.8) is 0 Å². The minimum absolute atomic E-state index is 0.320. The van der Waals surface area contributed by atoms with Crippen molar-refractivity contribution in [3.05, 3.63) is 47.7 Å². The number of nitrogen functional groups attached to an aromatic ring is 1. The maximum Gasteiger partial charge on any atom is 0.168 e. The SMILES string of the molecule is Cc1ccccc1Nc1cc(N)nc(C=O)c1. The van der Waals surface area contributed by atoms with Gasteiger partial charge in [-0.2, -0.15) is 0 Å². The lowest BCUT2D eigenvalue weighted by molar-refractivity contribution is 0.111. The highest BCUT2D eigenvalue weighted by Crippen LogP contribution is 2.21. The maximum atomic E-state index is 10.7. The molecule has 0 unspecified atom stereocenters. The third kappa shape index (κ3) is 2.60. The summed E-state index contributed by atoms with van der Waals surface area (Å²) in [6, 6.07) is 11.2. The topological polar surface area (TPSA) is 68.0 Å². The summed E-state index contributed by atoms with van der Waals surface area (Å²) in [5, 5.41) is 3.21. The van der Waals surface area contributed by atoms with Crippen LogP contribution >= 0.6 is 0 Å². The number of carbonyl (C=O) groups excluding carboxylic acids is 1. The molecule has 0 fully saturated rings. The summed E-state index contributed by atoms with van der Waals surface area (Å²) >= 11 is 0. The van der Waals surface area contributed by atoms with Crippen LogP contribution in [0.5, 0.6) is 0 Å². The summed E-state index contributed by atoms with van der Waals surface area (Å²) in [5.74, 6) is 0.325. The van der Waals surface area contributed by atoms with E-state index in [2.05, 4.69) is 10.3 Å². The molecule has 0 atom stereocenters. The Hall–Kier alpha value is -2.36. The van der Waals surface area contributed by atoms with Gasteiger partial charge in [0.15, 0.2) is 6.29 Å². The molecule has 4 nitrogen and oxygen atoms in total. The van der Waals surface area contributed by atoms with Gasteiger partial charge in [-0.1, -0.05) is 18.2 Å². The van der Waals surface area contributed by atoms with Crippen LogP contribution in [-0.2, 0) is 0 Å². The number of hydrogen-bond donors (Lipinski definition) is 2. The van der Waals surface area contributed by atoms with Crippen molar-refractivity contribution in [3.8, 4) is 0 Å². The molecule has 4 heteroatoms. The van der Waals surface area contributed by atoms with Crippen molar-refractivity contribution in [1.82, 2.24) is 4.98 Å². The Morgan fingerprint density at radius 3 is 2.76 bits per heavy atom. The number of nitrogens with zero attached hydrogens (tertiary/aromatic N) is 1. The van der Waals surface area contributed by atoms with Gasteiger partial charge in [0, 0.05) is 17.4 Å². The largest absolute Gasteiger partial charge is 0.384 e. The van der Waals surface area contributed by atoms with Crippen LogP contribution in [0.25, 0.3) is 0 Å². The maximum absolute atomic E-state index is 10.7. The van der Waals surface area contributed by atoms with E-state index >= 15 is 0 Å². The number of aromatic nitrogens is 1. The zero-order valence-corrected chi connectivity index (χ0v) is 9.47. The molecule has 0 amide bonds. The van der Waals surface area contributed by atoms with Gasteiger partial charge < -0.3 is 11.1 Å². The molecular weight excluding hydrogens is 214 g/mol. The lowest BCUT2D eigenvalue weighted by Crippen LogP contribution is -1.99. The Bertz CT molecular complexity index is 552. The van der Waals surface area contributed by atoms with Gasteiger partial charge in [0.05, 0.1) is 0 Å². The molecule has 86 valence electrons. The van der Waals surface area contributed by atoms with E-state index in [1.807, 2.05) is 31.2 Å². The van der Waals surface area contributed by atoms with E-state index in [1.54, 1.807) is 12.1 Å². The highest BCUT2D eigenvalue weighted by atomic mass is 16.1. The zero-order valence-electron chi connectivity index (χ0n) is 9.47. The Morgan fingerprint density at radius 2 is 2.06 bits per heavy atom. The van der Waals surface area contributed by atoms with Crippen molar-refractivity contribution in [2.24, 2.45) is 0 Å². The summed E-state index contributed by atoms with van der Waals surface area (Å²) in [6.45, 7) is 2.01. The third-order valence-corrected chi connectivity index (χ3v) is 2.41. The van der Waals surface area contributed by atoms with Crippen molar-refractivity contribution in [2.75, 3.05) is 11.1 Å². The van der Waals surface area contributed by atoms with Crippen molar-refractivity contribution < 1.29 is 4.79 Å². The molecule has 0 bridgehead atoms. The quantitative estimate of drug-likeness (QED) is 0.790. The molecule has 0 radical (unpaired) electrons. The van der Waals surface area contributed by atoms with Gasteiger partial charge >= 0.3 is 0 Å². The molecule has 1 heterocycles. The van der Waals surface area contributed by atoms with E-state index in [1.165, 1.54) is 0 Å². The number of benzene rings is 1. The third-order valence-electron chi connectivity index (χ3n) is 2.41. The lowest BCUT2D eigenvalue weighted by atomic mass is 10.2. The molecule has 0 saturated carbocycles. The van der Waals surface area contributed by atoms with E-state index in [-0.39, 0.29) is 0 Å². The van der Waals surface area contributed by atoms with Gasteiger partial charge in [0.1, 0.15) is 11.5 Å². The van der Waals surface area contributed by atoms with Gasteiger partial charge in [0.25, 0.3) is 0 Å². The predicted molar refractivity (Wildman–Crippen MR) is 68.5 cm³/mol. The normalized spacial score (nSPS) is 9.94. The van der Waals surface area contributed by atoms with E-state index in [4.69, 9.17) is 5.73 Å². The van der Waals surface area contributed by atoms with Crippen LogP contribution in [0.3, 0.4) is 0 Å². The number of nitrogens with two attached hydrogens (primary N) is 1. The molecule has 0 aliphatic carbocycles. The minimum Gasteiger partial charge on any atom is -0.384 e. The number of rotatable bonds is 3. The average molecular weight is 227 g/mol. The van der Waals surface area contributed by atoms with Crippen LogP contribution in [0.2, 0.25) is 0 Å². The van der Waals surface area contributed by atoms with Crippen molar-refractivity contribution in [1.29, 1.82) is 0 Å². The average Bonchev–Trinajstić information content (AvgIpc) is 2.31. The highest BCUT2D eigenvalue weighted by Gasteiger charge is 2.02. The standard InChI is InChI=1S/C13H13N3O/c1-9-4-2-3-5-12(9)15-10-6-11(8-17)16-13(14)7-10/h2-8H,1H3,(H3,14,15,16). The first-order chi connectivity index (χ1) is 8.19. The Balaban J connectivity index is 2.33. The second-order valence-electron chi connectivity index (χ2n) is 3.76. The van der Waals surface area contributed by atoms with Gasteiger partial charge in [-0.05, 0) is 24.6 Å². The van der Waals surface area contributed by atoms with Gasteiger partial charge in [-0.25, -0.2) is 4.98 Å². The molecule has 2 rings (SSSR count). The Labute approximate surface area is 99.5 Å². The van der Waals surface area contributed by atoms with Crippen LogP contribution < -0.4 is 11.1 Å².